The zero-order valence-corrected chi connectivity index (χ0v) is 12.1. The van der Waals surface area contributed by atoms with Gasteiger partial charge >= 0.3 is 6.03 Å². The zero-order valence-electron chi connectivity index (χ0n) is 12.1. The van der Waals surface area contributed by atoms with Crippen molar-refractivity contribution in [3.63, 3.8) is 0 Å². The Bertz CT molecular complexity index is 401. The van der Waals surface area contributed by atoms with Crippen LogP contribution in [0.2, 0.25) is 0 Å². The molecule has 1 aromatic heterocycles. The molecule has 0 saturated heterocycles. The molecular formula is C14H23N3O2. The van der Waals surface area contributed by atoms with E-state index in [-0.39, 0.29) is 18.6 Å². The molecule has 0 aliphatic carbocycles. The van der Waals surface area contributed by atoms with Crippen LogP contribution in [0.1, 0.15) is 38.8 Å². The van der Waals surface area contributed by atoms with Crippen molar-refractivity contribution < 1.29 is 9.90 Å². The van der Waals surface area contributed by atoms with Gasteiger partial charge in [0, 0.05) is 19.4 Å². The van der Waals surface area contributed by atoms with Crippen LogP contribution in [0.5, 0.6) is 0 Å². The lowest BCUT2D eigenvalue weighted by atomic mass is 10.1. The van der Waals surface area contributed by atoms with Crippen molar-refractivity contribution in [2.24, 2.45) is 0 Å². The molecule has 0 saturated carbocycles. The Labute approximate surface area is 114 Å². The van der Waals surface area contributed by atoms with Crippen molar-refractivity contribution in [1.29, 1.82) is 0 Å². The lowest BCUT2D eigenvalue weighted by Crippen LogP contribution is -2.45. The molecule has 2 amide bonds. The van der Waals surface area contributed by atoms with Crippen LogP contribution in [-0.4, -0.2) is 40.2 Å². The molecule has 2 N–H and O–H groups in total. The maximum absolute atomic E-state index is 12.1. The minimum Gasteiger partial charge on any atom is -0.389 e. The highest BCUT2D eigenvalue weighted by atomic mass is 16.3. The third kappa shape index (κ3) is 5.26. The zero-order chi connectivity index (χ0) is 14.5. The molecule has 0 aliphatic heterocycles. The highest BCUT2D eigenvalue weighted by molar-refractivity contribution is 5.74. The fraction of sp³-hybridized carbons (Fsp3) is 0.571. The van der Waals surface area contributed by atoms with Crippen LogP contribution in [-0.2, 0) is 0 Å². The molecule has 0 aliphatic rings. The second kappa shape index (κ2) is 6.52. The van der Waals surface area contributed by atoms with E-state index in [2.05, 4.69) is 10.3 Å². The maximum Gasteiger partial charge on any atom is 0.317 e. The Morgan fingerprint density at radius 3 is 2.53 bits per heavy atom. The third-order valence-electron chi connectivity index (χ3n) is 2.79. The second-order valence-corrected chi connectivity index (χ2v) is 5.36. The van der Waals surface area contributed by atoms with Crippen LogP contribution in [0, 0.1) is 0 Å². The van der Waals surface area contributed by atoms with E-state index in [1.54, 1.807) is 33.3 Å². The first-order valence-electron chi connectivity index (χ1n) is 6.47. The van der Waals surface area contributed by atoms with Gasteiger partial charge in [0.1, 0.15) is 0 Å². The molecule has 1 heterocycles. The van der Waals surface area contributed by atoms with Crippen molar-refractivity contribution >= 4 is 6.03 Å². The number of carbonyl (C=O) groups excluding carboxylic acids is 1. The number of hydrogen-bond donors (Lipinski definition) is 2. The van der Waals surface area contributed by atoms with E-state index < -0.39 is 5.60 Å². The van der Waals surface area contributed by atoms with Gasteiger partial charge in [-0.3, -0.25) is 4.98 Å². The van der Waals surface area contributed by atoms with E-state index in [1.165, 1.54) is 4.90 Å². The van der Waals surface area contributed by atoms with Gasteiger partial charge in [0.05, 0.1) is 18.2 Å². The van der Waals surface area contributed by atoms with Gasteiger partial charge in [-0.05, 0) is 38.0 Å². The van der Waals surface area contributed by atoms with E-state index in [1.807, 2.05) is 19.1 Å². The minimum absolute atomic E-state index is 0.0419. The largest absolute Gasteiger partial charge is 0.389 e. The Morgan fingerprint density at radius 2 is 2.05 bits per heavy atom. The number of urea groups is 1. The molecule has 0 spiro atoms. The number of carbonyl (C=O) groups is 1. The SMILES string of the molecule is CCC(NC(=O)N(C)CC(C)(C)O)c1ccncc1. The highest BCUT2D eigenvalue weighted by Crippen LogP contribution is 2.15. The van der Waals surface area contributed by atoms with Crippen molar-refractivity contribution in [2.45, 2.75) is 38.8 Å². The standard InChI is InChI=1S/C14H23N3O2/c1-5-12(11-6-8-15-9-7-11)16-13(18)17(4)10-14(2,3)19/h6-9,12,19H,5,10H2,1-4H3,(H,16,18). The molecule has 0 bridgehead atoms. The third-order valence-corrected chi connectivity index (χ3v) is 2.79. The fourth-order valence-electron chi connectivity index (χ4n) is 1.93. The second-order valence-electron chi connectivity index (χ2n) is 5.36. The van der Waals surface area contributed by atoms with Gasteiger partial charge in [-0.1, -0.05) is 6.92 Å². The van der Waals surface area contributed by atoms with E-state index >= 15 is 0 Å². The number of pyridine rings is 1. The Hall–Kier alpha value is -1.62. The summed E-state index contributed by atoms with van der Waals surface area (Å²) in [5.74, 6) is 0. The van der Waals surface area contributed by atoms with Gasteiger partial charge in [-0.15, -0.1) is 0 Å². The first-order chi connectivity index (χ1) is 8.83. The topological polar surface area (TPSA) is 65.5 Å². The van der Waals surface area contributed by atoms with Crippen LogP contribution in [0.3, 0.4) is 0 Å². The predicted molar refractivity (Wildman–Crippen MR) is 74.7 cm³/mol. The molecule has 1 aromatic rings. The van der Waals surface area contributed by atoms with Crippen molar-refractivity contribution in [1.82, 2.24) is 15.2 Å². The quantitative estimate of drug-likeness (QED) is 0.855. The Morgan fingerprint density at radius 1 is 1.47 bits per heavy atom. The van der Waals surface area contributed by atoms with E-state index in [0.29, 0.717) is 0 Å². The summed E-state index contributed by atoms with van der Waals surface area (Å²) in [6.45, 7) is 5.65. The monoisotopic (exact) mass is 265 g/mol. The van der Waals surface area contributed by atoms with Gasteiger partial charge in [-0.2, -0.15) is 0 Å². The number of aliphatic hydroxyl groups is 1. The molecule has 0 fully saturated rings. The van der Waals surface area contributed by atoms with E-state index in [9.17, 15) is 9.90 Å². The number of nitrogens with zero attached hydrogens (tertiary/aromatic N) is 2. The number of aromatic nitrogens is 1. The van der Waals surface area contributed by atoms with Crippen LogP contribution in [0.25, 0.3) is 0 Å². The molecule has 19 heavy (non-hydrogen) atoms. The van der Waals surface area contributed by atoms with Crippen LogP contribution < -0.4 is 5.32 Å². The van der Waals surface area contributed by atoms with Gasteiger partial charge in [0.15, 0.2) is 0 Å². The number of rotatable bonds is 5. The average molecular weight is 265 g/mol. The number of nitrogens with one attached hydrogen (secondary N) is 1. The average Bonchev–Trinajstić information content (AvgIpc) is 2.34. The Kier molecular flexibility index (Phi) is 5.30. The molecule has 0 aromatic carbocycles. The van der Waals surface area contributed by atoms with Crippen molar-refractivity contribution in [3.05, 3.63) is 30.1 Å². The van der Waals surface area contributed by atoms with Gasteiger partial charge < -0.3 is 15.3 Å². The molecule has 5 nitrogen and oxygen atoms in total. The predicted octanol–water partition coefficient (Wildman–Crippen LogP) is 1.95. The highest BCUT2D eigenvalue weighted by Gasteiger charge is 2.21. The first kappa shape index (κ1) is 15.4. The van der Waals surface area contributed by atoms with E-state index in [4.69, 9.17) is 0 Å². The molecule has 0 radical (unpaired) electrons. The van der Waals surface area contributed by atoms with Crippen molar-refractivity contribution in [3.8, 4) is 0 Å². The molecule has 1 unspecified atom stereocenters. The summed E-state index contributed by atoms with van der Waals surface area (Å²) in [6.07, 6.45) is 4.22. The maximum atomic E-state index is 12.1. The van der Waals surface area contributed by atoms with Crippen LogP contribution in [0.15, 0.2) is 24.5 Å². The molecule has 5 heteroatoms. The summed E-state index contributed by atoms with van der Waals surface area (Å²) in [6, 6.07) is 3.56. The molecule has 106 valence electrons. The van der Waals surface area contributed by atoms with Gasteiger partial charge in [0.25, 0.3) is 0 Å². The lowest BCUT2D eigenvalue weighted by molar-refractivity contribution is 0.0527. The molecular weight excluding hydrogens is 242 g/mol. The van der Waals surface area contributed by atoms with Crippen LogP contribution in [0.4, 0.5) is 4.79 Å². The number of amides is 2. The Balaban J connectivity index is 2.64. The smallest absolute Gasteiger partial charge is 0.317 e. The fourth-order valence-corrected chi connectivity index (χ4v) is 1.93. The number of likely N-dealkylation sites (N-methyl/N-ethyl adjacent to an activating group) is 1. The van der Waals surface area contributed by atoms with E-state index in [0.717, 1.165) is 12.0 Å². The van der Waals surface area contributed by atoms with Gasteiger partial charge in [-0.25, -0.2) is 4.79 Å². The van der Waals surface area contributed by atoms with Gasteiger partial charge in [0.2, 0.25) is 0 Å². The normalized spacial score (nSPS) is 12.9. The lowest BCUT2D eigenvalue weighted by Gasteiger charge is -2.28. The van der Waals surface area contributed by atoms with Crippen molar-refractivity contribution in [2.75, 3.05) is 13.6 Å². The first-order valence-corrected chi connectivity index (χ1v) is 6.47. The summed E-state index contributed by atoms with van der Waals surface area (Å²) < 4.78 is 0. The number of hydrogen-bond acceptors (Lipinski definition) is 3. The molecule has 1 rings (SSSR count). The molecule has 1 atom stereocenters. The minimum atomic E-state index is -0.898. The summed E-state index contributed by atoms with van der Waals surface area (Å²) in [7, 11) is 1.67. The summed E-state index contributed by atoms with van der Waals surface area (Å²) in [4.78, 5) is 17.5. The summed E-state index contributed by atoms with van der Waals surface area (Å²) in [5.41, 5.74) is 0.132. The summed E-state index contributed by atoms with van der Waals surface area (Å²) in [5, 5.41) is 12.7. The van der Waals surface area contributed by atoms with Crippen LogP contribution >= 0.6 is 0 Å². The summed E-state index contributed by atoms with van der Waals surface area (Å²) >= 11 is 0.